The third-order valence-electron chi connectivity index (χ3n) is 4.41. The molecule has 0 bridgehead atoms. The van der Waals surface area contributed by atoms with Crippen molar-refractivity contribution in [2.45, 2.75) is 13.0 Å². The van der Waals surface area contributed by atoms with E-state index in [4.69, 9.17) is 11.6 Å². The Balaban J connectivity index is 1.91. The first-order valence-corrected chi connectivity index (χ1v) is 8.61. The number of hydrogen-bond acceptors (Lipinski definition) is 2. The first kappa shape index (κ1) is 15.7. The summed E-state index contributed by atoms with van der Waals surface area (Å²) in [6.45, 7) is 2.10. The van der Waals surface area contributed by atoms with Crippen molar-refractivity contribution in [3.63, 3.8) is 0 Å². The molecule has 124 valence electrons. The Labute approximate surface area is 151 Å². The molecule has 0 saturated heterocycles. The fourth-order valence-corrected chi connectivity index (χ4v) is 3.53. The van der Waals surface area contributed by atoms with Crippen LogP contribution < -0.4 is 5.32 Å². The van der Waals surface area contributed by atoms with Crippen LogP contribution in [0.15, 0.2) is 72.9 Å². The maximum atomic E-state index is 6.54. The van der Waals surface area contributed by atoms with E-state index in [0.717, 1.165) is 27.6 Å². The molecule has 4 heteroatoms. The maximum Gasteiger partial charge on any atom is 0.126 e. The Morgan fingerprint density at radius 2 is 1.72 bits per heavy atom. The highest BCUT2D eigenvalue weighted by atomic mass is 35.5. The lowest BCUT2D eigenvalue weighted by atomic mass is 9.96. The fourth-order valence-electron chi connectivity index (χ4n) is 3.28. The normalized spacial score (nSPS) is 12.2. The molecule has 4 rings (SSSR count). The number of benzene rings is 2. The highest BCUT2D eigenvalue weighted by Gasteiger charge is 2.22. The van der Waals surface area contributed by atoms with E-state index in [-0.39, 0.29) is 6.04 Å². The highest BCUT2D eigenvalue weighted by molar-refractivity contribution is 6.31. The van der Waals surface area contributed by atoms with Gasteiger partial charge in [-0.15, -0.1) is 0 Å². The van der Waals surface area contributed by atoms with Crippen molar-refractivity contribution in [3.05, 3.63) is 94.8 Å². The molecular formula is C21H18ClN3. The van der Waals surface area contributed by atoms with E-state index in [1.54, 1.807) is 6.20 Å². The molecule has 2 aromatic heterocycles. The second kappa shape index (κ2) is 6.61. The summed E-state index contributed by atoms with van der Waals surface area (Å²) in [6.07, 6.45) is 1.79. The summed E-state index contributed by atoms with van der Waals surface area (Å²) in [7, 11) is 0. The van der Waals surface area contributed by atoms with Crippen LogP contribution in [0.1, 0.15) is 22.9 Å². The van der Waals surface area contributed by atoms with Gasteiger partial charge in [0.2, 0.25) is 0 Å². The molecule has 0 unspecified atom stereocenters. The highest BCUT2D eigenvalue weighted by Crippen LogP contribution is 2.36. The predicted molar refractivity (Wildman–Crippen MR) is 104 cm³/mol. The molecule has 3 nitrogen and oxygen atoms in total. The molecule has 0 fully saturated rings. The number of para-hydroxylation sites is 1. The second-order valence-corrected chi connectivity index (χ2v) is 6.43. The van der Waals surface area contributed by atoms with Gasteiger partial charge in [-0.2, -0.15) is 0 Å². The zero-order chi connectivity index (χ0) is 17.2. The summed E-state index contributed by atoms with van der Waals surface area (Å²) in [5, 5.41) is 5.48. The first-order valence-electron chi connectivity index (χ1n) is 8.23. The molecule has 0 saturated carbocycles. The number of anilines is 1. The smallest absolute Gasteiger partial charge is 0.126 e. The minimum absolute atomic E-state index is 0.0975. The van der Waals surface area contributed by atoms with Crippen LogP contribution in [0, 0.1) is 6.92 Å². The molecule has 0 aliphatic rings. The lowest BCUT2D eigenvalue weighted by Crippen LogP contribution is -2.14. The van der Waals surface area contributed by atoms with Crippen molar-refractivity contribution in [2.75, 3.05) is 5.32 Å². The maximum absolute atomic E-state index is 6.54. The van der Waals surface area contributed by atoms with E-state index in [1.165, 1.54) is 10.9 Å². The number of hydrogen-bond donors (Lipinski definition) is 2. The molecule has 0 aliphatic heterocycles. The van der Waals surface area contributed by atoms with E-state index in [2.05, 4.69) is 46.5 Å². The minimum Gasteiger partial charge on any atom is -0.359 e. The van der Waals surface area contributed by atoms with Crippen molar-refractivity contribution in [1.82, 2.24) is 9.97 Å². The molecule has 0 radical (unpaired) electrons. The number of fused-ring (bicyclic) bond motifs is 1. The lowest BCUT2D eigenvalue weighted by molar-refractivity contribution is 0.922. The van der Waals surface area contributed by atoms with Gasteiger partial charge in [0.15, 0.2) is 0 Å². The molecule has 2 heterocycles. The molecule has 0 amide bonds. The summed E-state index contributed by atoms with van der Waals surface area (Å²) in [6, 6.07) is 22.0. The van der Waals surface area contributed by atoms with Gasteiger partial charge in [-0.25, -0.2) is 4.98 Å². The lowest BCUT2D eigenvalue weighted by Gasteiger charge is -2.22. The van der Waals surface area contributed by atoms with E-state index in [1.807, 2.05) is 42.5 Å². The number of H-pyrrole nitrogens is 1. The number of aromatic nitrogens is 2. The number of aryl methyl sites for hydroxylation is 1. The standard InChI is InChI=1S/C21H18ClN3/c1-14-20(16-9-3-5-11-18(16)24-14)21(15-8-2-4-10-17(15)22)25-19-12-6-7-13-23-19/h2-13,21,24H,1H3,(H,23,25)/t21-/m0/s1. The van der Waals surface area contributed by atoms with Crippen molar-refractivity contribution >= 4 is 28.3 Å². The average Bonchev–Trinajstić information content (AvgIpc) is 2.97. The largest absolute Gasteiger partial charge is 0.359 e. The van der Waals surface area contributed by atoms with Gasteiger partial charge in [0.05, 0.1) is 6.04 Å². The van der Waals surface area contributed by atoms with Gasteiger partial charge in [-0.05, 0) is 36.8 Å². The van der Waals surface area contributed by atoms with Gasteiger partial charge >= 0.3 is 0 Å². The molecule has 0 aliphatic carbocycles. The molecule has 25 heavy (non-hydrogen) atoms. The SMILES string of the molecule is Cc1[nH]c2ccccc2c1[C@@H](Nc1ccccn1)c1ccccc1Cl. The van der Waals surface area contributed by atoms with Crippen molar-refractivity contribution in [2.24, 2.45) is 0 Å². The van der Waals surface area contributed by atoms with Gasteiger partial charge in [-0.1, -0.05) is 54.1 Å². The van der Waals surface area contributed by atoms with Crippen LogP contribution in [0.5, 0.6) is 0 Å². The van der Waals surface area contributed by atoms with Crippen LogP contribution in [0.3, 0.4) is 0 Å². The summed E-state index contributed by atoms with van der Waals surface area (Å²) in [4.78, 5) is 7.91. The van der Waals surface area contributed by atoms with Crippen molar-refractivity contribution < 1.29 is 0 Å². The third kappa shape index (κ3) is 2.99. The van der Waals surface area contributed by atoms with Crippen molar-refractivity contribution in [3.8, 4) is 0 Å². The number of rotatable bonds is 4. The molecule has 2 N–H and O–H groups in total. The number of nitrogens with one attached hydrogen (secondary N) is 2. The molecule has 2 aromatic carbocycles. The topological polar surface area (TPSA) is 40.7 Å². The Kier molecular flexibility index (Phi) is 4.16. The van der Waals surface area contributed by atoms with E-state index in [9.17, 15) is 0 Å². The fraction of sp³-hybridized carbons (Fsp3) is 0.0952. The quantitative estimate of drug-likeness (QED) is 0.495. The molecular weight excluding hydrogens is 330 g/mol. The van der Waals surface area contributed by atoms with Crippen molar-refractivity contribution in [1.29, 1.82) is 0 Å². The number of aromatic amines is 1. The van der Waals surface area contributed by atoms with Crippen LogP contribution in [-0.2, 0) is 0 Å². The monoisotopic (exact) mass is 347 g/mol. The summed E-state index contributed by atoms with van der Waals surface area (Å²) in [5.74, 6) is 0.817. The van der Waals surface area contributed by atoms with Crippen LogP contribution in [0.2, 0.25) is 5.02 Å². The van der Waals surface area contributed by atoms with Crippen LogP contribution in [-0.4, -0.2) is 9.97 Å². The second-order valence-electron chi connectivity index (χ2n) is 6.02. The number of pyridine rings is 1. The van der Waals surface area contributed by atoms with Gasteiger partial charge in [0.25, 0.3) is 0 Å². The van der Waals surface area contributed by atoms with Crippen LogP contribution in [0.25, 0.3) is 10.9 Å². The Morgan fingerprint density at radius 1 is 0.960 bits per heavy atom. The Bertz CT molecular complexity index is 1010. The minimum atomic E-state index is -0.0975. The number of halogens is 1. The van der Waals surface area contributed by atoms with E-state index in [0.29, 0.717) is 0 Å². The third-order valence-corrected chi connectivity index (χ3v) is 4.75. The predicted octanol–water partition coefficient (Wildman–Crippen LogP) is 5.73. The zero-order valence-corrected chi connectivity index (χ0v) is 14.6. The summed E-state index contributed by atoms with van der Waals surface area (Å²) >= 11 is 6.54. The van der Waals surface area contributed by atoms with E-state index < -0.39 is 0 Å². The summed E-state index contributed by atoms with van der Waals surface area (Å²) < 4.78 is 0. The average molecular weight is 348 g/mol. The number of nitrogens with zero attached hydrogens (tertiary/aromatic N) is 1. The molecule has 1 atom stereocenters. The Hall–Kier alpha value is -2.78. The molecule has 0 spiro atoms. The van der Waals surface area contributed by atoms with Gasteiger partial charge < -0.3 is 10.3 Å². The first-order chi connectivity index (χ1) is 12.2. The van der Waals surface area contributed by atoms with Gasteiger partial charge in [-0.3, -0.25) is 0 Å². The van der Waals surface area contributed by atoms with Crippen LogP contribution >= 0.6 is 11.6 Å². The summed E-state index contributed by atoms with van der Waals surface area (Å²) in [5.41, 5.74) is 4.46. The molecule has 4 aromatic rings. The van der Waals surface area contributed by atoms with Gasteiger partial charge in [0, 0.05) is 33.4 Å². The Morgan fingerprint density at radius 3 is 2.52 bits per heavy atom. The van der Waals surface area contributed by atoms with Crippen LogP contribution in [0.4, 0.5) is 5.82 Å². The zero-order valence-electron chi connectivity index (χ0n) is 13.8. The van der Waals surface area contributed by atoms with Gasteiger partial charge in [0.1, 0.15) is 5.82 Å². The van der Waals surface area contributed by atoms with E-state index >= 15 is 0 Å².